The van der Waals surface area contributed by atoms with Crippen LogP contribution in [0.15, 0.2) is 18.5 Å². The molecule has 0 bridgehead atoms. The van der Waals surface area contributed by atoms with Crippen LogP contribution < -0.4 is 10.1 Å². The maximum absolute atomic E-state index is 12.5. The smallest absolute Gasteiger partial charge is 0.317 e. The first-order valence-corrected chi connectivity index (χ1v) is 7.68. The number of hydrogen-bond acceptors (Lipinski definition) is 4. The van der Waals surface area contributed by atoms with Crippen molar-refractivity contribution in [2.45, 2.75) is 26.3 Å². The van der Waals surface area contributed by atoms with Gasteiger partial charge in [0.05, 0.1) is 25.3 Å². The number of carbonyl (C=O) groups excluding carboxylic acids is 1. The molecule has 2 N–H and O–H groups in total. The van der Waals surface area contributed by atoms with Crippen molar-refractivity contribution in [1.82, 2.24) is 15.2 Å². The molecule has 7 heteroatoms. The van der Waals surface area contributed by atoms with E-state index in [1.165, 1.54) is 0 Å². The predicted octanol–water partition coefficient (Wildman–Crippen LogP) is 1.90. The molecule has 3 unspecified atom stereocenters. The Kier molecular flexibility index (Phi) is 5.41. The topological polar surface area (TPSA) is 91.8 Å². The molecule has 7 nitrogen and oxygen atoms in total. The number of carboxylic acids is 1. The van der Waals surface area contributed by atoms with Gasteiger partial charge in [-0.05, 0) is 25.3 Å². The van der Waals surface area contributed by atoms with E-state index in [0.717, 1.165) is 5.56 Å². The number of likely N-dealkylation sites (tertiary alicyclic amines) is 1. The van der Waals surface area contributed by atoms with Crippen molar-refractivity contribution >= 4 is 12.0 Å². The van der Waals surface area contributed by atoms with Crippen LogP contribution >= 0.6 is 0 Å². The zero-order valence-electron chi connectivity index (χ0n) is 13.7. The van der Waals surface area contributed by atoms with Gasteiger partial charge in [0.1, 0.15) is 5.75 Å². The third-order valence-electron chi connectivity index (χ3n) is 4.14. The van der Waals surface area contributed by atoms with Gasteiger partial charge in [-0.25, -0.2) is 4.79 Å². The highest BCUT2D eigenvalue weighted by atomic mass is 16.5. The van der Waals surface area contributed by atoms with Crippen molar-refractivity contribution in [2.24, 2.45) is 11.8 Å². The highest BCUT2D eigenvalue weighted by Gasteiger charge is 2.32. The quantitative estimate of drug-likeness (QED) is 0.884. The van der Waals surface area contributed by atoms with Crippen molar-refractivity contribution in [1.29, 1.82) is 0 Å². The molecule has 3 atom stereocenters. The maximum Gasteiger partial charge on any atom is 0.317 e. The second kappa shape index (κ2) is 7.30. The average Bonchev–Trinajstić information content (AvgIpc) is 2.53. The Labute approximate surface area is 135 Å². The minimum absolute atomic E-state index is 0.168. The summed E-state index contributed by atoms with van der Waals surface area (Å²) in [5, 5.41) is 12.1. The van der Waals surface area contributed by atoms with Gasteiger partial charge in [0.15, 0.2) is 0 Å². The SMILES string of the molecule is COc1cnccc1C(C)NC(=O)N1CC(C)CC(C(=O)O)C1. The van der Waals surface area contributed by atoms with Crippen molar-refractivity contribution < 1.29 is 19.4 Å². The summed E-state index contributed by atoms with van der Waals surface area (Å²) in [6.07, 6.45) is 3.85. The summed E-state index contributed by atoms with van der Waals surface area (Å²) in [6.45, 7) is 4.63. The normalized spacial score (nSPS) is 22.3. The lowest BCUT2D eigenvalue weighted by Crippen LogP contribution is -2.49. The van der Waals surface area contributed by atoms with Gasteiger partial charge in [-0.15, -0.1) is 0 Å². The van der Waals surface area contributed by atoms with Crippen molar-refractivity contribution in [2.75, 3.05) is 20.2 Å². The largest absolute Gasteiger partial charge is 0.495 e. The fourth-order valence-corrected chi connectivity index (χ4v) is 2.97. The van der Waals surface area contributed by atoms with Crippen molar-refractivity contribution in [3.63, 3.8) is 0 Å². The minimum Gasteiger partial charge on any atom is -0.495 e. The molecule has 0 saturated carbocycles. The summed E-state index contributed by atoms with van der Waals surface area (Å²) < 4.78 is 5.25. The van der Waals surface area contributed by atoms with Crippen LogP contribution in [0.5, 0.6) is 5.75 Å². The number of carboxylic acid groups (broad SMARTS) is 1. The number of rotatable bonds is 4. The Hall–Kier alpha value is -2.31. The second-order valence-electron chi connectivity index (χ2n) is 6.07. The number of nitrogens with one attached hydrogen (secondary N) is 1. The lowest BCUT2D eigenvalue weighted by Gasteiger charge is -2.35. The maximum atomic E-state index is 12.5. The van der Waals surface area contributed by atoms with E-state index in [2.05, 4.69) is 10.3 Å². The number of hydrogen-bond donors (Lipinski definition) is 2. The third kappa shape index (κ3) is 4.12. The highest BCUT2D eigenvalue weighted by molar-refractivity contribution is 5.77. The number of urea groups is 1. The zero-order chi connectivity index (χ0) is 17.0. The zero-order valence-corrected chi connectivity index (χ0v) is 13.7. The summed E-state index contributed by atoms with van der Waals surface area (Å²) in [4.78, 5) is 29.2. The molecule has 1 aliphatic heterocycles. The van der Waals surface area contributed by atoms with E-state index in [4.69, 9.17) is 4.74 Å². The molecule has 1 aromatic heterocycles. The van der Waals surface area contributed by atoms with Gasteiger partial charge in [0.25, 0.3) is 0 Å². The van der Waals surface area contributed by atoms with Crippen LogP contribution in [0.4, 0.5) is 4.79 Å². The Morgan fingerprint density at radius 3 is 2.87 bits per heavy atom. The van der Waals surface area contributed by atoms with E-state index in [1.807, 2.05) is 13.8 Å². The van der Waals surface area contributed by atoms with Crippen LogP contribution in [0.1, 0.15) is 31.9 Å². The predicted molar refractivity (Wildman–Crippen MR) is 84.2 cm³/mol. The molecule has 0 aliphatic carbocycles. The average molecular weight is 321 g/mol. The lowest BCUT2D eigenvalue weighted by atomic mass is 9.91. The number of aliphatic carboxylic acids is 1. The van der Waals surface area contributed by atoms with Gasteiger partial charge in [0, 0.05) is 24.8 Å². The van der Waals surface area contributed by atoms with Gasteiger partial charge in [-0.1, -0.05) is 6.92 Å². The number of nitrogens with zero attached hydrogens (tertiary/aromatic N) is 2. The molecule has 0 radical (unpaired) electrons. The summed E-state index contributed by atoms with van der Waals surface area (Å²) in [5.41, 5.74) is 0.829. The highest BCUT2D eigenvalue weighted by Crippen LogP contribution is 2.25. The molecule has 23 heavy (non-hydrogen) atoms. The first-order valence-electron chi connectivity index (χ1n) is 7.68. The van der Waals surface area contributed by atoms with Gasteiger partial charge in [0.2, 0.25) is 0 Å². The van der Waals surface area contributed by atoms with Gasteiger partial charge in [-0.2, -0.15) is 0 Å². The number of amides is 2. The minimum atomic E-state index is -0.849. The molecule has 0 spiro atoms. The van der Waals surface area contributed by atoms with Crippen LogP contribution in [-0.2, 0) is 4.79 Å². The van der Waals surface area contributed by atoms with E-state index >= 15 is 0 Å². The van der Waals surface area contributed by atoms with E-state index < -0.39 is 11.9 Å². The Balaban J connectivity index is 2.04. The fraction of sp³-hybridized carbons (Fsp3) is 0.562. The summed E-state index contributed by atoms with van der Waals surface area (Å²) in [6, 6.07) is 1.28. The third-order valence-corrected chi connectivity index (χ3v) is 4.14. The molecular formula is C16H23N3O4. The van der Waals surface area contributed by atoms with E-state index in [9.17, 15) is 14.7 Å². The lowest BCUT2D eigenvalue weighted by molar-refractivity contribution is -0.143. The molecule has 126 valence electrons. The molecule has 1 saturated heterocycles. The molecule has 1 aliphatic rings. The van der Waals surface area contributed by atoms with Crippen LogP contribution in [0.25, 0.3) is 0 Å². The van der Waals surface area contributed by atoms with Gasteiger partial charge < -0.3 is 20.1 Å². The Morgan fingerprint density at radius 1 is 1.48 bits per heavy atom. The molecule has 1 fully saturated rings. The summed E-state index contributed by atoms with van der Waals surface area (Å²) >= 11 is 0. The Morgan fingerprint density at radius 2 is 2.22 bits per heavy atom. The number of ether oxygens (including phenoxy) is 1. The van der Waals surface area contributed by atoms with Crippen LogP contribution in [0.3, 0.4) is 0 Å². The number of pyridine rings is 1. The van der Waals surface area contributed by atoms with Crippen molar-refractivity contribution in [3.8, 4) is 5.75 Å². The van der Waals surface area contributed by atoms with Crippen LogP contribution in [0.2, 0.25) is 0 Å². The van der Waals surface area contributed by atoms with Gasteiger partial charge in [-0.3, -0.25) is 9.78 Å². The molecular weight excluding hydrogens is 298 g/mol. The Bertz CT molecular complexity index is 578. The number of carbonyl (C=O) groups is 2. The molecule has 2 amide bonds. The first kappa shape index (κ1) is 17.1. The van der Waals surface area contributed by atoms with E-state index in [1.54, 1.807) is 30.5 Å². The molecule has 1 aromatic rings. The summed E-state index contributed by atoms with van der Waals surface area (Å²) in [5.74, 6) is -0.578. The van der Waals surface area contributed by atoms with Gasteiger partial charge >= 0.3 is 12.0 Å². The number of aromatic nitrogens is 1. The van der Waals surface area contributed by atoms with Crippen molar-refractivity contribution in [3.05, 3.63) is 24.0 Å². The van der Waals surface area contributed by atoms with Crippen LogP contribution in [-0.4, -0.2) is 47.2 Å². The number of methoxy groups -OCH3 is 1. The monoisotopic (exact) mass is 321 g/mol. The van der Waals surface area contributed by atoms with E-state index in [-0.39, 0.29) is 24.5 Å². The second-order valence-corrected chi connectivity index (χ2v) is 6.07. The standard InChI is InChI=1S/C16H23N3O4/c1-10-6-12(15(20)21)9-19(8-10)16(22)18-11(2)13-4-5-17-7-14(13)23-3/h4-5,7,10-12H,6,8-9H2,1-3H3,(H,18,22)(H,20,21). The fourth-order valence-electron chi connectivity index (χ4n) is 2.97. The molecule has 0 aromatic carbocycles. The van der Waals surface area contributed by atoms with Crippen LogP contribution in [0, 0.1) is 11.8 Å². The molecule has 2 heterocycles. The summed E-state index contributed by atoms with van der Waals surface area (Å²) in [7, 11) is 1.55. The number of piperidine rings is 1. The molecule has 2 rings (SSSR count). The van der Waals surface area contributed by atoms with E-state index in [0.29, 0.717) is 18.7 Å². The first-order chi connectivity index (χ1) is 10.9.